The third-order valence-corrected chi connectivity index (χ3v) is 3.22. The van der Waals surface area contributed by atoms with Crippen molar-refractivity contribution in [2.24, 2.45) is 11.8 Å². The van der Waals surface area contributed by atoms with Gasteiger partial charge in [0.1, 0.15) is 11.6 Å². The number of rotatable bonds is 2. The molecule has 4 nitrogen and oxygen atoms in total. The van der Waals surface area contributed by atoms with E-state index in [0.717, 1.165) is 17.7 Å². The molecule has 1 aliphatic carbocycles. The SMILES string of the molecule is CC1CC(C)CC(Nc2ccc(N)nn2)C1. The van der Waals surface area contributed by atoms with Crippen LogP contribution in [-0.2, 0) is 0 Å². The molecule has 2 unspecified atom stereocenters. The highest BCUT2D eigenvalue weighted by Gasteiger charge is 2.23. The van der Waals surface area contributed by atoms with Gasteiger partial charge in [0.25, 0.3) is 0 Å². The van der Waals surface area contributed by atoms with E-state index in [4.69, 9.17) is 5.73 Å². The van der Waals surface area contributed by atoms with Gasteiger partial charge in [-0.15, -0.1) is 10.2 Å². The topological polar surface area (TPSA) is 63.8 Å². The molecule has 0 aromatic carbocycles. The summed E-state index contributed by atoms with van der Waals surface area (Å²) in [7, 11) is 0. The molecule has 1 aromatic rings. The number of hydrogen-bond donors (Lipinski definition) is 2. The molecule has 4 heteroatoms. The fraction of sp³-hybridized carbons (Fsp3) is 0.667. The second-order valence-corrected chi connectivity index (χ2v) is 5.10. The van der Waals surface area contributed by atoms with Gasteiger partial charge in [0.05, 0.1) is 0 Å². The Hall–Kier alpha value is -1.32. The van der Waals surface area contributed by atoms with Crippen LogP contribution in [0.2, 0.25) is 0 Å². The number of hydrogen-bond acceptors (Lipinski definition) is 4. The first-order chi connectivity index (χ1) is 7.63. The number of anilines is 2. The highest BCUT2D eigenvalue weighted by molar-refractivity contribution is 5.39. The minimum atomic E-state index is 0.468. The monoisotopic (exact) mass is 220 g/mol. The van der Waals surface area contributed by atoms with Crippen LogP contribution in [0.25, 0.3) is 0 Å². The molecule has 0 spiro atoms. The maximum absolute atomic E-state index is 5.50. The molecule has 0 bridgehead atoms. The average Bonchev–Trinajstić information content (AvgIpc) is 2.20. The predicted octanol–water partition coefficient (Wildman–Crippen LogP) is 2.30. The van der Waals surface area contributed by atoms with E-state index in [1.165, 1.54) is 19.3 Å². The molecule has 1 aromatic heterocycles. The highest BCUT2D eigenvalue weighted by atomic mass is 15.2. The molecular formula is C12H20N4. The molecule has 2 atom stereocenters. The minimum absolute atomic E-state index is 0.468. The van der Waals surface area contributed by atoms with Gasteiger partial charge >= 0.3 is 0 Å². The molecule has 16 heavy (non-hydrogen) atoms. The molecule has 0 aliphatic heterocycles. The van der Waals surface area contributed by atoms with Crippen molar-refractivity contribution < 1.29 is 0 Å². The molecule has 88 valence electrons. The summed E-state index contributed by atoms with van der Waals surface area (Å²) in [6.45, 7) is 4.64. The maximum Gasteiger partial charge on any atom is 0.149 e. The van der Waals surface area contributed by atoms with Gasteiger partial charge in [-0.3, -0.25) is 0 Å². The summed E-state index contributed by atoms with van der Waals surface area (Å²) in [5.41, 5.74) is 5.50. The molecule has 0 amide bonds. The van der Waals surface area contributed by atoms with Gasteiger partial charge in [-0.2, -0.15) is 0 Å². The summed E-state index contributed by atoms with van der Waals surface area (Å²) < 4.78 is 0. The Kier molecular flexibility index (Phi) is 3.27. The largest absolute Gasteiger partial charge is 0.382 e. The summed E-state index contributed by atoms with van der Waals surface area (Å²) >= 11 is 0. The van der Waals surface area contributed by atoms with E-state index in [2.05, 4.69) is 29.4 Å². The van der Waals surface area contributed by atoms with Crippen molar-refractivity contribution in [2.45, 2.75) is 39.2 Å². The Morgan fingerprint density at radius 1 is 1.12 bits per heavy atom. The van der Waals surface area contributed by atoms with Gasteiger partial charge in [0, 0.05) is 6.04 Å². The van der Waals surface area contributed by atoms with Crippen LogP contribution in [0.1, 0.15) is 33.1 Å². The second kappa shape index (κ2) is 4.68. The maximum atomic E-state index is 5.50. The van der Waals surface area contributed by atoms with Crippen LogP contribution in [0.15, 0.2) is 12.1 Å². The minimum Gasteiger partial charge on any atom is -0.382 e. The first-order valence-corrected chi connectivity index (χ1v) is 5.99. The van der Waals surface area contributed by atoms with E-state index in [-0.39, 0.29) is 0 Å². The first-order valence-electron chi connectivity index (χ1n) is 5.99. The normalized spacial score (nSPS) is 30.0. The Labute approximate surface area is 96.6 Å². The summed E-state index contributed by atoms with van der Waals surface area (Å²) in [6.07, 6.45) is 3.78. The molecule has 1 fully saturated rings. The van der Waals surface area contributed by atoms with Crippen molar-refractivity contribution in [1.29, 1.82) is 0 Å². The van der Waals surface area contributed by atoms with Crippen molar-refractivity contribution in [3.05, 3.63) is 12.1 Å². The van der Waals surface area contributed by atoms with E-state index in [1.807, 2.05) is 6.07 Å². The predicted molar refractivity (Wildman–Crippen MR) is 66.0 cm³/mol. The zero-order valence-electron chi connectivity index (χ0n) is 9.98. The van der Waals surface area contributed by atoms with E-state index in [0.29, 0.717) is 11.9 Å². The van der Waals surface area contributed by atoms with Crippen LogP contribution in [0.4, 0.5) is 11.6 Å². The van der Waals surface area contributed by atoms with Crippen LogP contribution < -0.4 is 11.1 Å². The smallest absolute Gasteiger partial charge is 0.149 e. The van der Waals surface area contributed by atoms with Gasteiger partial charge in [0.2, 0.25) is 0 Å². The van der Waals surface area contributed by atoms with Gasteiger partial charge < -0.3 is 11.1 Å². The Morgan fingerprint density at radius 2 is 1.81 bits per heavy atom. The first kappa shape index (κ1) is 11.2. The fourth-order valence-corrected chi connectivity index (χ4v) is 2.69. The zero-order chi connectivity index (χ0) is 11.5. The average molecular weight is 220 g/mol. The van der Waals surface area contributed by atoms with Crippen LogP contribution in [0, 0.1) is 11.8 Å². The lowest BCUT2D eigenvalue weighted by Gasteiger charge is -2.32. The number of nitrogens with two attached hydrogens (primary N) is 1. The Balaban J connectivity index is 1.96. The lowest BCUT2D eigenvalue weighted by molar-refractivity contribution is 0.280. The van der Waals surface area contributed by atoms with E-state index in [9.17, 15) is 0 Å². The van der Waals surface area contributed by atoms with Gasteiger partial charge in [-0.1, -0.05) is 13.8 Å². The van der Waals surface area contributed by atoms with Crippen LogP contribution in [0.5, 0.6) is 0 Å². The fourth-order valence-electron chi connectivity index (χ4n) is 2.69. The third kappa shape index (κ3) is 2.84. The molecular weight excluding hydrogens is 200 g/mol. The second-order valence-electron chi connectivity index (χ2n) is 5.10. The van der Waals surface area contributed by atoms with Crippen molar-refractivity contribution in [3.8, 4) is 0 Å². The summed E-state index contributed by atoms with van der Waals surface area (Å²) in [6, 6.07) is 4.20. The number of nitrogens with zero attached hydrogens (tertiary/aromatic N) is 2. The standard InChI is InChI=1S/C12H20N4/c1-8-5-9(2)7-10(6-8)14-12-4-3-11(13)15-16-12/h3-4,8-10H,5-7H2,1-2H3,(H2,13,15)(H,14,16). The van der Waals surface area contributed by atoms with E-state index < -0.39 is 0 Å². The van der Waals surface area contributed by atoms with Crippen LogP contribution in [-0.4, -0.2) is 16.2 Å². The van der Waals surface area contributed by atoms with Gasteiger partial charge in [-0.25, -0.2) is 0 Å². The van der Waals surface area contributed by atoms with Crippen molar-refractivity contribution in [3.63, 3.8) is 0 Å². The quantitative estimate of drug-likeness (QED) is 0.802. The summed E-state index contributed by atoms with van der Waals surface area (Å²) in [5, 5.41) is 11.3. The molecule has 1 saturated carbocycles. The van der Waals surface area contributed by atoms with E-state index >= 15 is 0 Å². The van der Waals surface area contributed by atoms with Gasteiger partial charge in [0.15, 0.2) is 0 Å². The van der Waals surface area contributed by atoms with Crippen LogP contribution >= 0.6 is 0 Å². The van der Waals surface area contributed by atoms with Crippen molar-refractivity contribution in [2.75, 3.05) is 11.1 Å². The molecule has 2 rings (SSSR count). The highest BCUT2D eigenvalue weighted by Crippen LogP contribution is 2.29. The number of aromatic nitrogens is 2. The Morgan fingerprint density at radius 3 is 2.38 bits per heavy atom. The summed E-state index contributed by atoms with van der Waals surface area (Å²) in [4.78, 5) is 0. The van der Waals surface area contributed by atoms with E-state index in [1.54, 1.807) is 6.07 Å². The van der Waals surface area contributed by atoms with Gasteiger partial charge in [-0.05, 0) is 43.2 Å². The molecule has 1 heterocycles. The lowest BCUT2D eigenvalue weighted by Crippen LogP contribution is -2.30. The van der Waals surface area contributed by atoms with Crippen LogP contribution in [0.3, 0.4) is 0 Å². The molecule has 3 N–H and O–H groups in total. The van der Waals surface area contributed by atoms with Crippen molar-refractivity contribution in [1.82, 2.24) is 10.2 Å². The zero-order valence-corrected chi connectivity index (χ0v) is 9.98. The van der Waals surface area contributed by atoms with Crippen molar-refractivity contribution >= 4 is 11.6 Å². The number of nitrogen functional groups attached to an aromatic ring is 1. The molecule has 0 radical (unpaired) electrons. The lowest BCUT2D eigenvalue weighted by atomic mass is 9.80. The molecule has 1 aliphatic rings. The summed E-state index contributed by atoms with van der Waals surface area (Å²) in [5.74, 6) is 2.89. The third-order valence-electron chi connectivity index (χ3n) is 3.22. The number of nitrogens with one attached hydrogen (secondary N) is 1. The molecule has 0 saturated heterocycles. The Bertz CT molecular complexity index is 325.